The Morgan fingerprint density at radius 1 is 1.17 bits per heavy atom. The Hall–Kier alpha value is -2.13. The van der Waals surface area contributed by atoms with Crippen molar-refractivity contribution in [3.05, 3.63) is 71.5 Å². The third-order valence-corrected chi connectivity index (χ3v) is 6.54. The van der Waals surface area contributed by atoms with Crippen molar-refractivity contribution in [3.63, 3.8) is 0 Å². The van der Waals surface area contributed by atoms with Gasteiger partial charge in [0.25, 0.3) is 0 Å². The fraction of sp³-hybridized carbons (Fsp3) is 0.381. The molecule has 0 radical (unpaired) electrons. The molecule has 29 heavy (non-hydrogen) atoms. The molecular formula is C21H25FN2O4S. The molecule has 8 heteroatoms. The van der Waals surface area contributed by atoms with Crippen LogP contribution in [0.3, 0.4) is 0 Å². The van der Waals surface area contributed by atoms with E-state index in [-0.39, 0.29) is 17.7 Å². The van der Waals surface area contributed by atoms with E-state index < -0.39 is 17.0 Å². The van der Waals surface area contributed by atoms with Gasteiger partial charge in [0.1, 0.15) is 5.82 Å². The molecule has 0 spiro atoms. The van der Waals surface area contributed by atoms with Gasteiger partial charge in [-0.1, -0.05) is 42.5 Å². The number of carbonyl (C=O) groups excluding carboxylic acids is 1. The summed E-state index contributed by atoms with van der Waals surface area (Å²) in [6, 6.07) is 14.6. The summed E-state index contributed by atoms with van der Waals surface area (Å²) in [4.78, 5) is 11.1. The van der Waals surface area contributed by atoms with Crippen molar-refractivity contribution >= 4 is 17.4 Å². The molecule has 0 aromatic heterocycles. The van der Waals surface area contributed by atoms with Crippen molar-refractivity contribution < 1.29 is 23.3 Å². The van der Waals surface area contributed by atoms with Crippen LogP contribution < -0.4 is 0 Å². The number of carbonyl (C=O) groups is 1. The molecule has 1 heterocycles. The molecule has 3 rings (SSSR count). The summed E-state index contributed by atoms with van der Waals surface area (Å²) in [5, 5.41) is 10.5. The Morgan fingerprint density at radius 3 is 2.45 bits per heavy atom. The fourth-order valence-electron chi connectivity index (χ4n) is 3.31. The van der Waals surface area contributed by atoms with Crippen molar-refractivity contribution in [1.82, 2.24) is 9.37 Å². The Labute approximate surface area is 172 Å². The first-order valence-electron chi connectivity index (χ1n) is 9.53. The monoisotopic (exact) mass is 420 g/mol. The number of piperidine rings is 1. The van der Waals surface area contributed by atoms with Gasteiger partial charge in [-0.2, -0.15) is 0 Å². The maximum Gasteiger partial charge on any atom is 0.233 e. The zero-order chi connectivity index (χ0) is 20.6. The van der Waals surface area contributed by atoms with Gasteiger partial charge in [-0.15, -0.1) is 0 Å². The highest BCUT2D eigenvalue weighted by Crippen LogP contribution is 2.23. The van der Waals surface area contributed by atoms with Gasteiger partial charge in [-0.25, -0.2) is 18.0 Å². The molecule has 1 aliphatic rings. The lowest BCUT2D eigenvalue weighted by molar-refractivity contribution is -0.158. The van der Waals surface area contributed by atoms with Gasteiger partial charge in [0.2, 0.25) is 6.41 Å². The van der Waals surface area contributed by atoms with Crippen molar-refractivity contribution in [2.45, 2.75) is 31.6 Å². The minimum absolute atomic E-state index is 0.0579. The number of hydrogen-bond acceptors (Lipinski definition) is 4. The molecular weight excluding hydrogens is 395 g/mol. The van der Waals surface area contributed by atoms with Crippen LogP contribution in [-0.4, -0.2) is 50.1 Å². The SMILES string of the molecule is O=CN(O)C(CS(=O)N1CCC(OCc2ccc(F)cc2)CC1)c1ccccc1. The lowest BCUT2D eigenvalue weighted by Gasteiger charge is -2.32. The lowest BCUT2D eigenvalue weighted by Crippen LogP contribution is -2.41. The van der Waals surface area contributed by atoms with Crippen molar-refractivity contribution in [3.8, 4) is 0 Å². The number of ether oxygens (including phenoxy) is 1. The van der Waals surface area contributed by atoms with E-state index in [1.807, 2.05) is 22.5 Å². The van der Waals surface area contributed by atoms with Crippen LogP contribution in [0.15, 0.2) is 54.6 Å². The fourth-order valence-corrected chi connectivity index (χ4v) is 4.76. The Kier molecular flexibility index (Phi) is 7.88. The average molecular weight is 421 g/mol. The molecule has 2 aromatic rings. The van der Waals surface area contributed by atoms with Crippen molar-refractivity contribution in [2.24, 2.45) is 0 Å². The Morgan fingerprint density at radius 2 is 1.83 bits per heavy atom. The molecule has 0 saturated carbocycles. The van der Waals surface area contributed by atoms with Gasteiger partial charge in [0.15, 0.2) is 0 Å². The van der Waals surface area contributed by atoms with Crippen LogP contribution in [0.5, 0.6) is 0 Å². The molecule has 0 aliphatic carbocycles. The molecule has 1 saturated heterocycles. The smallest absolute Gasteiger partial charge is 0.233 e. The van der Waals surface area contributed by atoms with E-state index in [2.05, 4.69) is 0 Å². The molecule has 2 aromatic carbocycles. The highest BCUT2D eigenvalue weighted by molar-refractivity contribution is 7.82. The van der Waals surface area contributed by atoms with Crippen LogP contribution >= 0.6 is 0 Å². The van der Waals surface area contributed by atoms with Crippen LogP contribution in [0.25, 0.3) is 0 Å². The molecule has 1 fully saturated rings. The van der Waals surface area contributed by atoms with Crippen LogP contribution in [0.4, 0.5) is 4.39 Å². The zero-order valence-electron chi connectivity index (χ0n) is 16.0. The van der Waals surface area contributed by atoms with Gasteiger partial charge >= 0.3 is 0 Å². The predicted octanol–water partition coefficient (Wildman–Crippen LogP) is 3.06. The number of hydrogen-bond donors (Lipinski definition) is 1. The van der Waals surface area contributed by atoms with Crippen LogP contribution in [-0.2, 0) is 27.1 Å². The summed E-state index contributed by atoms with van der Waals surface area (Å²) in [6.07, 6.45) is 1.87. The normalized spacial score (nSPS) is 17.6. The number of hydroxylamine groups is 2. The number of halogens is 1. The van der Waals surface area contributed by atoms with Gasteiger partial charge in [-0.05, 0) is 36.1 Å². The molecule has 156 valence electrons. The van der Waals surface area contributed by atoms with E-state index in [0.29, 0.717) is 31.2 Å². The number of rotatable bonds is 9. The second-order valence-electron chi connectivity index (χ2n) is 6.97. The minimum Gasteiger partial charge on any atom is -0.373 e. The molecule has 1 amide bonds. The molecule has 1 aliphatic heterocycles. The molecule has 1 N–H and O–H groups in total. The van der Waals surface area contributed by atoms with Crippen LogP contribution in [0.2, 0.25) is 0 Å². The van der Waals surface area contributed by atoms with E-state index >= 15 is 0 Å². The standard InChI is InChI=1S/C21H25FN2O4S/c22-19-8-6-17(7-9-19)14-28-20-10-12-23(13-11-20)29(27)15-21(24(26)16-25)18-4-2-1-3-5-18/h1-9,16,20-21,26H,10-15H2. The minimum atomic E-state index is -1.34. The van der Waals surface area contributed by atoms with E-state index in [9.17, 15) is 18.6 Å². The topological polar surface area (TPSA) is 70.1 Å². The van der Waals surface area contributed by atoms with Crippen molar-refractivity contribution in [1.29, 1.82) is 0 Å². The number of amides is 1. The van der Waals surface area contributed by atoms with Crippen LogP contribution in [0, 0.1) is 5.82 Å². The summed E-state index contributed by atoms with van der Waals surface area (Å²) in [5.41, 5.74) is 1.65. The second-order valence-corrected chi connectivity index (χ2v) is 8.46. The van der Waals surface area contributed by atoms with E-state index in [0.717, 1.165) is 24.0 Å². The molecule has 0 bridgehead atoms. The zero-order valence-corrected chi connectivity index (χ0v) is 16.8. The van der Waals surface area contributed by atoms with E-state index in [1.54, 1.807) is 24.3 Å². The van der Waals surface area contributed by atoms with Gasteiger partial charge in [-0.3, -0.25) is 10.0 Å². The lowest BCUT2D eigenvalue weighted by atomic mass is 10.1. The molecule has 6 nitrogen and oxygen atoms in total. The average Bonchev–Trinajstić information content (AvgIpc) is 2.77. The predicted molar refractivity (Wildman–Crippen MR) is 108 cm³/mol. The molecule has 2 unspecified atom stereocenters. The van der Waals surface area contributed by atoms with Crippen LogP contribution in [0.1, 0.15) is 30.0 Å². The first-order chi connectivity index (χ1) is 14.1. The number of nitrogens with zero attached hydrogens (tertiary/aromatic N) is 2. The first-order valence-corrected chi connectivity index (χ1v) is 10.8. The highest BCUT2D eigenvalue weighted by atomic mass is 32.2. The number of benzene rings is 2. The maximum atomic E-state index is 13.0. The summed E-state index contributed by atoms with van der Waals surface area (Å²) in [6.45, 7) is 1.63. The Balaban J connectivity index is 1.49. The van der Waals surface area contributed by atoms with Crippen molar-refractivity contribution in [2.75, 3.05) is 18.8 Å². The van der Waals surface area contributed by atoms with Gasteiger partial charge < -0.3 is 4.74 Å². The Bertz CT molecular complexity index is 798. The first kappa shape index (κ1) is 21.6. The molecule has 2 atom stereocenters. The van der Waals surface area contributed by atoms with E-state index in [4.69, 9.17) is 4.74 Å². The van der Waals surface area contributed by atoms with E-state index in [1.165, 1.54) is 12.1 Å². The summed E-state index contributed by atoms with van der Waals surface area (Å²) < 4.78 is 33.5. The van der Waals surface area contributed by atoms with Gasteiger partial charge in [0, 0.05) is 13.1 Å². The largest absolute Gasteiger partial charge is 0.373 e. The van der Waals surface area contributed by atoms with Gasteiger partial charge in [0.05, 0.1) is 35.5 Å². The summed E-state index contributed by atoms with van der Waals surface area (Å²) >= 11 is 0. The highest BCUT2D eigenvalue weighted by Gasteiger charge is 2.27. The third kappa shape index (κ3) is 6.17. The quantitative estimate of drug-likeness (QED) is 0.385. The maximum absolute atomic E-state index is 13.0. The third-order valence-electron chi connectivity index (χ3n) is 5.00. The summed E-state index contributed by atoms with van der Waals surface area (Å²) in [5.74, 6) is -0.144. The summed E-state index contributed by atoms with van der Waals surface area (Å²) in [7, 11) is -1.34. The second kappa shape index (κ2) is 10.6.